The van der Waals surface area contributed by atoms with Crippen molar-refractivity contribution in [2.75, 3.05) is 14.2 Å². The first-order chi connectivity index (χ1) is 8.31. The van der Waals surface area contributed by atoms with E-state index in [2.05, 4.69) is 18.6 Å². The molecule has 0 aromatic heterocycles. The summed E-state index contributed by atoms with van der Waals surface area (Å²) in [6, 6.07) is 16.0. The van der Waals surface area contributed by atoms with E-state index in [0.717, 1.165) is 22.6 Å². The first-order valence-corrected chi connectivity index (χ1v) is 5.44. The van der Waals surface area contributed by atoms with Gasteiger partial charge < -0.3 is 9.47 Å². The highest BCUT2D eigenvalue weighted by atomic mass is 16.5. The molecule has 0 N–H and O–H groups in total. The predicted molar refractivity (Wildman–Crippen MR) is 68.5 cm³/mol. The summed E-state index contributed by atoms with van der Waals surface area (Å²) in [5, 5.41) is 0. The fourth-order valence-electron chi connectivity index (χ4n) is 1.65. The molecule has 2 nitrogen and oxygen atoms in total. The van der Waals surface area contributed by atoms with Gasteiger partial charge in [0.15, 0.2) is 0 Å². The molecule has 17 heavy (non-hydrogen) atoms. The van der Waals surface area contributed by atoms with Crippen LogP contribution in [0.3, 0.4) is 0 Å². The Labute approximate surface area is 102 Å². The zero-order valence-corrected chi connectivity index (χ0v) is 10.0. The Balaban J connectivity index is 2.26. The largest absolute Gasteiger partial charge is 0.497 e. The normalized spacial score (nSPS) is 10.0. The van der Waals surface area contributed by atoms with Gasteiger partial charge in [-0.15, -0.1) is 0 Å². The Morgan fingerprint density at radius 1 is 0.765 bits per heavy atom. The lowest BCUT2D eigenvalue weighted by Gasteiger charge is -2.08. The summed E-state index contributed by atoms with van der Waals surface area (Å²) in [6.45, 7) is 0. The van der Waals surface area contributed by atoms with E-state index in [0.29, 0.717) is 0 Å². The summed E-state index contributed by atoms with van der Waals surface area (Å²) in [6.07, 6.45) is 2.09. The van der Waals surface area contributed by atoms with Crippen LogP contribution >= 0.6 is 0 Å². The van der Waals surface area contributed by atoms with Crippen LogP contribution in [-0.2, 0) is 0 Å². The van der Waals surface area contributed by atoms with Crippen molar-refractivity contribution in [2.24, 2.45) is 0 Å². The third-order valence-electron chi connectivity index (χ3n) is 2.51. The predicted octanol–water partition coefficient (Wildman–Crippen LogP) is 3.30. The Bertz CT molecular complexity index is 455. The van der Waals surface area contributed by atoms with E-state index >= 15 is 0 Å². The molecule has 0 heterocycles. The van der Waals surface area contributed by atoms with Crippen LogP contribution in [0.25, 0.3) is 0 Å². The van der Waals surface area contributed by atoms with Crippen LogP contribution in [0.1, 0.15) is 11.1 Å². The molecule has 0 bridgehead atoms. The van der Waals surface area contributed by atoms with Crippen molar-refractivity contribution in [3.05, 3.63) is 66.1 Å². The summed E-state index contributed by atoms with van der Waals surface area (Å²) in [7, 11) is 3.31. The molecule has 0 aliphatic rings. The molecule has 87 valence electrons. The molecule has 0 aliphatic carbocycles. The minimum atomic E-state index is 0.798. The highest BCUT2D eigenvalue weighted by Gasteiger charge is 2.03. The first-order valence-electron chi connectivity index (χ1n) is 5.44. The molecule has 0 unspecified atom stereocenters. The molecule has 0 saturated heterocycles. The molecule has 0 saturated carbocycles. The number of ether oxygens (including phenoxy) is 2. The number of hydrogen-bond acceptors (Lipinski definition) is 2. The van der Waals surface area contributed by atoms with Gasteiger partial charge in [-0.3, -0.25) is 0 Å². The fraction of sp³-hybridized carbons (Fsp3) is 0.133. The van der Waals surface area contributed by atoms with Gasteiger partial charge in [-0.2, -0.15) is 0 Å². The van der Waals surface area contributed by atoms with Crippen molar-refractivity contribution in [1.29, 1.82) is 0 Å². The van der Waals surface area contributed by atoms with Gasteiger partial charge in [0, 0.05) is 12.5 Å². The average Bonchev–Trinajstić information content (AvgIpc) is 2.39. The third kappa shape index (κ3) is 3.00. The molecule has 0 fully saturated rings. The second-order valence-electron chi connectivity index (χ2n) is 3.70. The zero-order chi connectivity index (χ0) is 12.1. The summed E-state index contributed by atoms with van der Waals surface area (Å²) in [4.78, 5) is 0. The number of rotatable bonds is 4. The van der Waals surface area contributed by atoms with Crippen molar-refractivity contribution >= 4 is 0 Å². The zero-order valence-electron chi connectivity index (χ0n) is 10.0. The Morgan fingerprint density at radius 2 is 1.35 bits per heavy atom. The molecular weight excluding hydrogens is 212 g/mol. The summed E-state index contributed by atoms with van der Waals surface area (Å²) in [5.74, 6) is 1.60. The molecule has 0 spiro atoms. The van der Waals surface area contributed by atoms with Gasteiger partial charge in [0.05, 0.1) is 14.2 Å². The van der Waals surface area contributed by atoms with Gasteiger partial charge in [-0.25, -0.2) is 0 Å². The van der Waals surface area contributed by atoms with Crippen LogP contribution in [0, 0.1) is 6.42 Å². The van der Waals surface area contributed by atoms with Crippen LogP contribution in [0.2, 0.25) is 0 Å². The van der Waals surface area contributed by atoms with Crippen molar-refractivity contribution < 1.29 is 9.47 Å². The Kier molecular flexibility index (Phi) is 3.66. The van der Waals surface area contributed by atoms with Gasteiger partial charge >= 0.3 is 0 Å². The molecule has 0 amide bonds. The SMILES string of the molecule is COc1cc([CH]c2ccccc2)cc(OC)c1. The lowest BCUT2D eigenvalue weighted by atomic mass is 10.0. The Hall–Kier alpha value is -1.96. The molecule has 2 rings (SSSR count). The second kappa shape index (κ2) is 5.39. The summed E-state index contributed by atoms with van der Waals surface area (Å²) >= 11 is 0. The van der Waals surface area contributed by atoms with E-state index in [1.165, 1.54) is 0 Å². The molecular formula is C15H15O2. The van der Waals surface area contributed by atoms with Gasteiger partial charge in [0.1, 0.15) is 11.5 Å². The van der Waals surface area contributed by atoms with E-state index in [-0.39, 0.29) is 0 Å². The van der Waals surface area contributed by atoms with Gasteiger partial charge in [-0.1, -0.05) is 30.3 Å². The first kappa shape index (κ1) is 11.5. The summed E-state index contributed by atoms with van der Waals surface area (Å²) in [5.41, 5.74) is 2.22. The quantitative estimate of drug-likeness (QED) is 0.797. The van der Waals surface area contributed by atoms with Crippen LogP contribution < -0.4 is 9.47 Å². The van der Waals surface area contributed by atoms with E-state index in [4.69, 9.17) is 9.47 Å². The van der Waals surface area contributed by atoms with Crippen LogP contribution in [0.4, 0.5) is 0 Å². The van der Waals surface area contributed by atoms with E-state index in [1.54, 1.807) is 14.2 Å². The van der Waals surface area contributed by atoms with E-state index < -0.39 is 0 Å². The minimum Gasteiger partial charge on any atom is -0.497 e. The van der Waals surface area contributed by atoms with Crippen LogP contribution in [-0.4, -0.2) is 14.2 Å². The molecule has 2 aromatic carbocycles. The third-order valence-corrected chi connectivity index (χ3v) is 2.51. The molecule has 2 aromatic rings. The molecule has 0 aliphatic heterocycles. The minimum absolute atomic E-state index is 0.798. The second-order valence-corrected chi connectivity index (χ2v) is 3.70. The maximum Gasteiger partial charge on any atom is 0.122 e. The fourth-order valence-corrected chi connectivity index (χ4v) is 1.65. The topological polar surface area (TPSA) is 18.5 Å². The van der Waals surface area contributed by atoms with Crippen LogP contribution in [0.5, 0.6) is 11.5 Å². The lowest BCUT2D eigenvalue weighted by molar-refractivity contribution is 0.394. The Morgan fingerprint density at radius 3 is 1.88 bits per heavy atom. The number of benzene rings is 2. The van der Waals surface area contributed by atoms with E-state index in [9.17, 15) is 0 Å². The van der Waals surface area contributed by atoms with Crippen molar-refractivity contribution in [2.45, 2.75) is 0 Å². The van der Waals surface area contributed by atoms with Gasteiger partial charge in [0.2, 0.25) is 0 Å². The average molecular weight is 227 g/mol. The number of methoxy groups -OCH3 is 2. The molecule has 0 atom stereocenters. The van der Waals surface area contributed by atoms with Crippen molar-refractivity contribution in [3.8, 4) is 11.5 Å². The standard InChI is InChI=1S/C15H15O2/c1-16-14-9-13(10-15(11-14)17-2)8-12-6-4-3-5-7-12/h3-11H,1-2H3. The maximum absolute atomic E-state index is 5.24. The van der Waals surface area contributed by atoms with Gasteiger partial charge in [-0.05, 0) is 23.3 Å². The highest BCUT2D eigenvalue weighted by molar-refractivity contribution is 5.45. The maximum atomic E-state index is 5.24. The van der Waals surface area contributed by atoms with Crippen LogP contribution in [0.15, 0.2) is 48.5 Å². The van der Waals surface area contributed by atoms with Crippen molar-refractivity contribution in [1.82, 2.24) is 0 Å². The lowest BCUT2D eigenvalue weighted by Crippen LogP contribution is -1.91. The monoisotopic (exact) mass is 227 g/mol. The van der Waals surface area contributed by atoms with Gasteiger partial charge in [0.25, 0.3) is 0 Å². The van der Waals surface area contributed by atoms with E-state index in [1.807, 2.05) is 36.4 Å². The smallest absolute Gasteiger partial charge is 0.122 e. The molecule has 1 radical (unpaired) electrons. The summed E-state index contributed by atoms with van der Waals surface area (Å²) < 4.78 is 10.5. The number of hydrogen-bond donors (Lipinski definition) is 0. The molecule has 2 heteroatoms. The highest BCUT2D eigenvalue weighted by Crippen LogP contribution is 2.24. The van der Waals surface area contributed by atoms with Crippen molar-refractivity contribution in [3.63, 3.8) is 0 Å².